The van der Waals surface area contributed by atoms with Gasteiger partial charge in [0.2, 0.25) is 5.91 Å². The van der Waals surface area contributed by atoms with Gasteiger partial charge in [-0.2, -0.15) is 0 Å². The van der Waals surface area contributed by atoms with E-state index < -0.39 is 6.04 Å². The van der Waals surface area contributed by atoms with Crippen molar-refractivity contribution in [3.8, 4) is 0 Å². The molecule has 3 N–H and O–H groups in total. The van der Waals surface area contributed by atoms with Gasteiger partial charge in [-0.3, -0.25) is 9.59 Å². The molecule has 1 aliphatic rings. The molecule has 1 saturated heterocycles. The van der Waals surface area contributed by atoms with E-state index in [0.29, 0.717) is 25.6 Å². The van der Waals surface area contributed by atoms with E-state index in [-0.39, 0.29) is 23.5 Å². The first-order valence-corrected chi connectivity index (χ1v) is 7.86. The minimum absolute atomic E-state index is 0.0126. The van der Waals surface area contributed by atoms with Gasteiger partial charge >= 0.3 is 0 Å². The van der Waals surface area contributed by atoms with Crippen molar-refractivity contribution in [3.63, 3.8) is 0 Å². The van der Waals surface area contributed by atoms with Gasteiger partial charge in [-0.05, 0) is 43.4 Å². The Hall–Kier alpha value is -1.82. The summed E-state index contributed by atoms with van der Waals surface area (Å²) >= 11 is 0. The van der Waals surface area contributed by atoms with Gasteiger partial charge in [-0.15, -0.1) is 0 Å². The van der Waals surface area contributed by atoms with Gasteiger partial charge in [0.25, 0.3) is 5.91 Å². The molecule has 1 aliphatic heterocycles. The maximum absolute atomic E-state index is 12.7. The molecular formula is C16H25N3O3. The van der Waals surface area contributed by atoms with Gasteiger partial charge in [0.15, 0.2) is 5.76 Å². The molecule has 122 valence electrons. The lowest BCUT2D eigenvalue weighted by Gasteiger charge is -2.35. The summed E-state index contributed by atoms with van der Waals surface area (Å²) in [7, 11) is 0. The molecule has 6 nitrogen and oxygen atoms in total. The van der Waals surface area contributed by atoms with Gasteiger partial charge in [-0.25, -0.2) is 0 Å². The first-order valence-electron chi connectivity index (χ1n) is 7.86. The lowest BCUT2D eigenvalue weighted by Crippen LogP contribution is -2.53. The van der Waals surface area contributed by atoms with Gasteiger partial charge in [-0.1, -0.05) is 13.8 Å². The SMILES string of the molecule is CC(C)C(NC(=O)c1ccco1)C(=O)N1CCC(CN)CC1. The summed E-state index contributed by atoms with van der Waals surface area (Å²) in [5.41, 5.74) is 5.68. The highest BCUT2D eigenvalue weighted by molar-refractivity contribution is 5.95. The molecule has 6 heteroatoms. The van der Waals surface area contributed by atoms with E-state index in [9.17, 15) is 9.59 Å². The smallest absolute Gasteiger partial charge is 0.287 e. The van der Waals surface area contributed by atoms with Crippen LogP contribution in [0.5, 0.6) is 0 Å². The molecule has 2 rings (SSSR count). The molecule has 0 bridgehead atoms. The van der Waals surface area contributed by atoms with Crippen LogP contribution >= 0.6 is 0 Å². The summed E-state index contributed by atoms with van der Waals surface area (Å²) in [4.78, 5) is 26.6. The van der Waals surface area contributed by atoms with Crippen LogP contribution in [0, 0.1) is 11.8 Å². The van der Waals surface area contributed by atoms with Crippen molar-refractivity contribution in [3.05, 3.63) is 24.2 Å². The average molecular weight is 307 g/mol. The summed E-state index contributed by atoms with van der Waals surface area (Å²) in [6.07, 6.45) is 3.30. The summed E-state index contributed by atoms with van der Waals surface area (Å²) in [5, 5.41) is 2.79. The molecule has 0 aromatic carbocycles. The first-order chi connectivity index (χ1) is 10.5. The van der Waals surface area contributed by atoms with Gasteiger partial charge < -0.3 is 20.4 Å². The second kappa shape index (κ2) is 7.45. The van der Waals surface area contributed by atoms with Crippen molar-refractivity contribution in [2.24, 2.45) is 17.6 Å². The minimum atomic E-state index is -0.535. The predicted molar refractivity (Wildman–Crippen MR) is 83.2 cm³/mol. The number of hydrogen-bond acceptors (Lipinski definition) is 4. The highest BCUT2D eigenvalue weighted by Gasteiger charge is 2.31. The summed E-state index contributed by atoms with van der Waals surface area (Å²) in [6, 6.07) is 2.70. The molecule has 0 radical (unpaired) electrons. The zero-order chi connectivity index (χ0) is 16.1. The number of nitrogens with two attached hydrogens (primary N) is 1. The minimum Gasteiger partial charge on any atom is -0.459 e. The van der Waals surface area contributed by atoms with Crippen LogP contribution in [0.4, 0.5) is 0 Å². The maximum Gasteiger partial charge on any atom is 0.287 e. The molecule has 1 fully saturated rings. The molecule has 1 unspecified atom stereocenters. The Morgan fingerprint density at radius 3 is 2.59 bits per heavy atom. The van der Waals surface area contributed by atoms with E-state index in [0.717, 1.165) is 12.8 Å². The molecule has 1 aromatic heterocycles. The van der Waals surface area contributed by atoms with E-state index in [1.54, 1.807) is 12.1 Å². The molecule has 22 heavy (non-hydrogen) atoms. The largest absolute Gasteiger partial charge is 0.459 e. The standard InChI is InChI=1S/C16H25N3O3/c1-11(2)14(18-15(20)13-4-3-9-22-13)16(21)19-7-5-12(10-17)6-8-19/h3-4,9,11-12,14H,5-8,10,17H2,1-2H3,(H,18,20). The van der Waals surface area contributed by atoms with Crippen LogP contribution in [0.25, 0.3) is 0 Å². The third-order valence-corrected chi connectivity index (χ3v) is 4.22. The number of carbonyl (C=O) groups is 2. The van der Waals surface area contributed by atoms with E-state index in [1.807, 2.05) is 18.7 Å². The Balaban J connectivity index is 1.98. The normalized spacial score (nSPS) is 17.5. The lowest BCUT2D eigenvalue weighted by molar-refractivity contribution is -0.135. The second-order valence-corrected chi connectivity index (χ2v) is 6.18. The number of nitrogens with zero attached hydrogens (tertiary/aromatic N) is 1. The zero-order valence-corrected chi connectivity index (χ0v) is 13.2. The molecule has 0 saturated carbocycles. The van der Waals surface area contributed by atoms with E-state index in [1.165, 1.54) is 6.26 Å². The van der Waals surface area contributed by atoms with Gasteiger partial charge in [0.05, 0.1) is 6.26 Å². The van der Waals surface area contributed by atoms with Crippen molar-refractivity contribution >= 4 is 11.8 Å². The fraction of sp³-hybridized carbons (Fsp3) is 0.625. The number of nitrogens with one attached hydrogen (secondary N) is 1. The molecule has 0 spiro atoms. The van der Waals surface area contributed by atoms with Crippen LogP contribution in [-0.2, 0) is 4.79 Å². The summed E-state index contributed by atoms with van der Waals surface area (Å²) in [6.45, 7) is 5.95. The topological polar surface area (TPSA) is 88.6 Å². The Bertz CT molecular complexity index is 491. The Labute approximate surface area is 131 Å². The van der Waals surface area contributed by atoms with E-state index in [2.05, 4.69) is 5.32 Å². The average Bonchev–Trinajstić information content (AvgIpc) is 3.06. The fourth-order valence-corrected chi connectivity index (χ4v) is 2.72. The number of piperidine rings is 1. The summed E-state index contributed by atoms with van der Waals surface area (Å²) < 4.78 is 5.08. The monoisotopic (exact) mass is 307 g/mol. The Kier molecular flexibility index (Phi) is 5.60. The Morgan fingerprint density at radius 1 is 1.41 bits per heavy atom. The number of rotatable bonds is 5. The lowest BCUT2D eigenvalue weighted by atomic mass is 9.95. The third kappa shape index (κ3) is 3.88. The highest BCUT2D eigenvalue weighted by Crippen LogP contribution is 2.18. The molecule has 1 atom stereocenters. The zero-order valence-electron chi connectivity index (χ0n) is 13.2. The van der Waals surface area contributed by atoms with Crippen molar-refractivity contribution in [1.82, 2.24) is 10.2 Å². The van der Waals surface area contributed by atoms with Crippen LogP contribution in [-0.4, -0.2) is 42.4 Å². The second-order valence-electron chi connectivity index (χ2n) is 6.18. The predicted octanol–water partition coefficient (Wildman–Crippen LogP) is 1.23. The van der Waals surface area contributed by atoms with Crippen LogP contribution in [0.15, 0.2) is 22.8 Å². The van der Waals surface area contributed by atoms with Crippen molar-refractivity contribution in [2.45, 2.75) is 32.7 Å². The van der Waals surface area contributed by atoms with Crippen LogP contribution < -0.4 is 11.1 Å². The molecule has 2 heterocycles. The molecule has 2 amide bonds. The number of amides is 2. The molecule has 1 aromatic rings. The van der Waals surface area contributed by atoms with E-state index in [4.69, 9.17) is 10.2 Å². The first kappa shape index (κ1) is 16.5. The fourth-order valence-electron chi connectivity index (χ4n) is 2.72. The molecule has 0 aliphatic carbocycles. The van der Waals surface area contributed by atoms with Crippen LogP contribution in [0.2, 0.25) is 0 Å². The Morgan fingerprint density at radius 2 is 2.09 bits per heavy atom. The van der Waals surface area contributed by atoms with Gasteiger partial charge in [0.1, 0.15) is 6.04 Å². The summed E-state index contributed by atoms with van der Waals surface area (Å²) in [5.74, 6) is 0.359. The number of hydrogen-bond donors (Lipinski definition) is 2. The quantitative estimate of drug-likeness (QED) is 0.856. The van der Waals surface area contributed by atoms with E-state index >= 15 is 0 Å². The maximum atomic E-state index is 12.7. The van der Waals surface area contributed by atoms with Crippen LogP contribution in [0.1, 0.15) is 37.2 Å². The van der Waals surface area contributed by atoms with Crippen molar-refractivity contribution in [2.75, 3.05) is 19.6 Å². The number of carbonyl (C=O) groups excluding carboxylic acids is 2. The van der Waals surface area contributed by atoms with Crippen LogP contribution in [0.3, 0.4) is 0 Å². The van der Waals surface area contributed by atoms with Crippen molar-refractivity contribution < 1.29 is 14.0 Å². The van der Waals surface area contributed by atoms with Crippen molar-refractivity contribution in [1.29, 1.82) is 0 Å². The van der Waals surface area contributed by atoms with Gasteiger partial charge in [0, 0.05) is 13.1 Å². The number of likely N-dealkylation sites (tertiary alicyclic amines) is 1. The molecular weight excluding hydrogens is 282 g/mol. The highest BCUT2D eigenvalue weighted by atomic mass is 16.3. The number of furan rings is 1. The third-order valence-electron chi connectivity index (χ3n) is 4.22.